The lowest BCUT2D eigenvalue weighted by molar-refractivity contribution is -0.118. The largest absolute Gasteiger partial charge is 0.326 e. The number of hydrogen-bond donors (Lipinski definition) is 1. The average molecular weight is 444 g/mol. The first kappa shape index (κ1) is 22.4. The Bertz CT molecular complexity index is 1090. The fraction of sp³-hybridized carbons (Fsp3) is 0.174. The van der Waals surface area contributed by atoms with Gasteiger partial charge in [0.25, 0.3) is 0 Å². The molecule has 0 saturated carbocycles. The molecule has 0 aliphatic heterocycles. The van der Waals surface area contributed by atoms with Crippen molar-refractivity contribution in [3.05, 3.63) is 83.0 Å². The second-order valence-electron chi connectivity index (χ2n) is 6.82. The molecular weight excluding hydrogens is 424 g/mol. The zero-order valence-electron chi connectivity index (χ0n) is 16.7. The lowest BCUT2D eigenvalue weighted by atomic mass is 10.1. The van der Waals surface area contributed by atoms with Gasteiger partial charge < -0.3 is 5.32 Å². The molecule has 1 aromatic heterocycles. The van der Waals surface area contributed by atoms with Crippen LogP contribution in [0.25, 0.3) is 0 Å². The van der Waals surface area contributed by atoms with Gasteiger partial charge in [-0.1, -0.05) is 24.6 Å². The van der Waals surface area contributed by atoms with Gasteiger partial charge in [0.15, 0.2) is 0 Å². The molecule has 0 spiro atoms. The average Bonchev–Trinajstić information content (AvgIpc) is 2.72. The van der Waals surface area contributed by atoms with Crippen LogP contribution in [0.2, 0.25) is 5.02 Å². The number of pyridine rings is 1. The van der Waals surface area contributed by atoms with Crippen LogP contribution in [-0.4, -0.2) is 16.8 Å². The SMILES string of the molecule is CCCC(=O)N(c1ccc(F)cc1)c1cc(NC(=O)Cc2ccc(F)cc2Cl)ccn1. The smallest absolute Gasteiger partial charge is 0.232 e. The third-order valence-corrected chi connectivity index (χ3v) is 4.77. The van der Waals surface area contributed by atoms with E-state index in [1.54, 1.807) is 12.1 Å². The van der Waals surface area contributed by atoms with Crippen LogP contribution in [0.3, 0.4) is 0 Å². The van der Waals surface area contributed by atoms with Gasteiger partial charge in [0.1, 0.15) is 17.5 Å². The van der Waals surface area contributed by atoms with E-state index < -0.39 is 11.6 Å². The van der Waals surface area contributed by atoms with Crippen LogP contribution in [0.1, 0.15) is 25.3 Å². The molecule has 8 heteroatoms. The molecule has 3 aromatic rings. The summed E-state index contributed by atoms with van der Waals surface area (Å²) in [6.45, 7) is 1.88. The zero-order chi connectivity index (χ0) is 22.4. The van der Waals surface area contributed by atoms with Gasteiger partial charge in [0, 0.05) is 29.4 Å². The van der Waals surface area contributed by atoms with Gasteiger partial charge in [-0.2, -0.15) is 0 Å². The van der Waals surface area contributed by atoms with Gasteiger partial charge in [-0.25, -0.2) is 13.8 Å². The molecule has 31 heavy (non-hydrogen) atoms. The van der Waals surface area contributed by atoms with Gasteiger partial charge in [0.05, 0.1) is 12.1 Å². The third-order valence-electron chi connectivity index (χ3n) is 4.42. The van der Waals surface area contributed by atoms with E-state index in [1.165, 1.54) is 47.5 Å². The number of amides is 2. The first-order valence-corrected chi connectivity index (χ1v) is 10.0. The summed E-state index contributed by atoms with van der Waals surface area (Å²) in [6.07, 6.45) is 2.32. The number of carbonyl (C=O) groups is 2. The van der Waals surface area contributed by atoms with E-state index in [9.17, 15) is 18.4 Å². The highest BCUT2D eigenvalue weighted by Gasteiger charge is 2.19. The Morgan fingerprint density at radius 1 is 1.03 bits per heavy atom. The molecule has 2 aromatic carbocycles. The van der Waals surface area contributed by atoms with E-state index in [2.05, 4.69) is 10.3 Å². The number of anilines is 3. The van der Waals surface area contributed by atoms with Crippen molar-refractivity contribution in [2.24, 2.45) is 0 Å². The van der Waals surface area contributed by atoms with Gasteiger partial charge in [-0.15, -0.1) is 0 Å². The van der Waals surface area contributed by atoms with Crippen LogP contribution in [0, 0.1) is 11.6 Å². The normalized spacial score (nSPS) is 10.6. The number of rotatable bonds is 7. The predicted octanol–water partition coefficient (Wildman–Crippen LogP) is 5.66. The van der Waals surface area contributed by atoms with Crippen LogP contribution in [-0.2, 0) is 16.0 Å². The van der Waals surface area contributed by atoms with E-state index in [0.717, 1.165) is 6.07 Å². The van der Waals surface area contributed by atoms with Crippen molar-refractivity contribution >= 4 is 40.6 Å². The maximum Gasteiger partial charge on any atom is 0.232 e. The monoisotopic (exact) mass is 443 g/mol. The number of carbonyl (C=O) groups excluding carboxylic acids is 2. The minimum Gasteiger partial charge on any atom is -0.326 e. The van der Waals surface area contributed by atoms with E-state index in [0.29, 0.717) is 29.2 Å². The lowest BCUT2D eigenvalue weighted by Crippen LogP contribution is -2.26. The highest BCUT2D eigenvalue weighted by Crippen LogP contribution is 2.27. The molecule has 0 aliphatic rings. The molecule has 160 valence electrons. The van der Waals surface area contributed by atoms with Crippen molar-refractivity contribution in [2.75, 3.05) is 10.2 Å². The van der Waals surface area contributed by atoms with E-state index in [1.807, 2.05) is 6.92 Å². The van der Waals surface area contributed by atoms with Gasteiger partial charge >= 0.3 is 0 Å². The molecule has 0 fully saturated rings. The number of nitrogens with one attached hydrogen (secondary N) is 1. The summed E-state index contributed by atoms with van der Waals surface area (Å²) in [5.74, 6) is -1.17. The van der Waals surface area contributed by atoms with Gasteiger partial charge in [-0.3, -0.25) is 14.5 Å². The summed E-state index contributed by atoms with van der Waals surface area (Å²) in [7, 11) is 0. The Labute approximate surface area is 183 Å². The van der Waals surface area contributed by atoms with E-state index >= 15 is 0 Å². The fourth-order valence-electron chi connectivity index (χ4n) is 2.98. The standard InChI is InChI=1S/C23H20ClF2N3O2/c1-2-3-23(31)29(19-8-6-16(25)7-9-19)21-14-18(10-11-27-21)28-22(30)12-15-4-5-17(26)13-20(15)24/h4-11,13-14H,2-3,12H2,1H3,(H,27,28,30). The van der Waals surface area contributed by atoms with Crippen molar-refractivity contribution in [1.82, 2.24) is 4.98 Å². The second kappa shape index (κ2) is 10.1. The number of halogens is 3. The first-order valence-electron chi connectivity index (χ1n) is 9.65. The molecule has 1 heterocycles. The maximum atomic E-state index is 13.3. The molecule has 2 amide bonds. The molecule has 0 radical (unpaired) electrons. The number of benzene rings is 2. The predicted molar refractivity (Wildman–Crippen MR) is 116 cm³/mol. The molecular formula is C23H20ClF2N3O2. The maximum absolute atomic E-state index is 13.3. The molecule has 1 N–H and O–H groups in total. The number of hydrogen-bond acceptors (Lipinski definition) is 3. The summed E-state index contributed by atoms with van der Waals surface area (Å²) < 4.78 is 26.5. The van der Waals surface area contributed by atoms with Crippen LogP contribution >= 0.6 is 11.6 Å². The van der Waals surface area contributed by atoms with Crippen molar-refractivity contribution in [3.8, 4) is 0 Å². The van der Waals surface area contributed by atoms with Gasteiger partial charge in [0.2, 0.25) is 11.8 Å². The summed E-state index contributed by atoms with van der Waals surface area (Å²) in [6, 6.07) is 12.5. The molecule has 0 unspecified atom stereocenters. The molecule has 0 atom stereocenters. The Balaban J connectivity index is 1.82. The van der Waals surface area contributed by atoms with E-state index in [-0.39, 0.29) is 29.7 Å². The number of nitrogens with zero attached hydrogens (tertiary/aromatic N) is 2. The molecule has 0 bridgehead atoms. The minimum atomic E-state index is -0.481. The highest BCUT2D eigenvalue weighted by molar-refractivity contribution is 6.31. The third kappa shape index (κ3) is 5.86. The zero-order valence-corrected chi connectivity index (χ0v) is 17.5. The quantitative estimate of drug-likeness (QED) is 0.512. The second-order valence-corrected chi connectivity index (χ2v) is 7.23. The Morgan fingerprint density at radius 3 is 2.42 bits per heavy atom. The lowest BCUT2D eigenvalue weighted by Gasteiger charge is -2.22. The topological polar surface area (TPSA) is 62.3 Å². The summed E-state index contributed by atoms with van der Waals surface area (Å²) in [4.78, 5) is 30.8. The Kier molecular flexibility index (Phi) is 7.31. The summed E-state index contributed by atoms with van der Waals surface area (Å²) in [5, 5.41) is 2.89. The van der Waals surface area contributed by atoms with Crippen LogP contribution in [0.15, 0.2) is 60.8 Å². The van der Waals surface area contributed by atoms with Gasteiger partial charge in [-0.05, 0) is 54.4 Å². The minimum absolute atomic E-state index is 0.0484. The van der Waals surface area contributed by atoms with Crippen LogP contribution in [0.4, 0.5) is 26.0 Å². The van der Waals surface area contributed by atoms with E-state index in [4.69, 9.17) is 11.6 Å². The van der Waals surface area contributed by atoms with Crippen molar-refractivity contribution in [2.45, 2.75) is 26.2 Å². The van der Waals surface area contributed by atoms with Crippen molar-refractivity contribution in [1.29, 1.82) is 0 Å². The number of aromatic nitrogens is 1. The molecule has 5 nitrogen and oxygen atoms in total. The molecule has 3 rings (SSSR count). The molecule has 0 saturated heterocycles. The Hall–Kier alpha value is -3.32. The highest BCUT2D eigenvalue weighted by atomic mass is 35.5. The van der Waals surface area contributed by atoms with Crippen LogP contribution in [0.5, 0.6) is 0 Å². The van der Waals surface area contributed by atoms with Crippen molar-refractivity contribution < 1.29 is 18.4 Å². The molecule has 0 aliphatic carbocycles. The van der Waals surface area contributed by atoms with Crippen LogP contribution < -0.4 is 10.2 Å². The fourth-order valence-corrected chi connectivity index (χ4v) is 3.22. The summed E-state index contributed by atoms with van der Waals surface area (Å²) >= 11 is 5.99. The Morgan fingerprint density at radius 2 is 1.74 bits per heavy atom. The van der Waals surface area contributed by atoms with Crippen molar-refractivity contribution in [3.63, 3.8) is 0 Å². The summed E-state index contributed by atoms with van der Waals surface area (Å²) in [5.41, 5.74) is 1.37. The first-order chi connectivity index (χ1) is 14.9.